The van der Waals surface area contributed by atoms with Crippen molar-refractivity contribution in [3.63, 3.8) is 0 Å². The molecule has 0 aromatic heterocycles. The molecule has 2 aliphatic rings. The van der Waals surface area contributed by atoms with Gasteiger partial charge in [-0.25, -0.2) is 9.18 Å². The van der Waals surface area contributed by atoms with E-state index in [1.165, 1.54) is 12.1 Å². The van der Waals surface area contributed by atoms with Crippen molar-refractivity contribution in [3.8, 4) is 5.75 Å². The van der Waals surface area contributed by atoms with E-state index in [1.807, 2.05) is 18.2 Å². The van der Waals surface area contributed by atoms with E-state index in [0.717, 1.165) is 5.56 Å². The Balaban J connectivity index is 1.54. The summed E-state index contributed by atoms with van der Waals surface area (Å²) in [5.41, 5.74) is 4.86. The van der Waals surface area contributed by atoms with Gasteiger partial charge in [0.2, 0.25) is 0 Å². The zero-order valence-corrected chi connectivity index (χ0v) is 20.5. The normalized spacial score (nSPS) is 16.4. The molecule has 36 heavy (non-hydrogen) atoms. The summed E-state index contributed by atoms with van der Waals surface area (Å²) in [4.78, 5) is 26.6. The van der Waals surface area contributed by atoms with Crippen LogP contribution in [0.25, 0.3) is 5.70 Å². The molecule has 0 unspecified atom stereocenters. The van der Waals surface area contributed by atoms with Crippen LogP contribution >= 0.6 is 11.6 Å². The average molecular weight is 504 g/mol. The van der Waals surface area contributed by atoms with Gasteiger partial charge in [-0.05, 0) is 49.2 Å². The number of allylic oxidation sites excluding steroid dienone is 2. The van der Waals surface area contributed by atoms with E-state index < -0.39 is 11.9 Å². The van der Waals surface area contributed by atoms with Crippen LogP contribution in [0.15, 0.2) is 83.6 Å². The number of hydrogen-bond donors (Lipinski definition) is 1. The predicted octanol–water partition coefficient (Wildman–Crippen LogP) is 6.19. The number of Topliss-reactive ketones (excluding diaryl/α,β-unsaturated/α-hetero) is 1. The van der Waals surface area contributed by atoms with E-state index in [9.17, 15) is 14.0 Å². The zero-order valence-electron chi connectivity index (χ0n) is 19.7. The van der Waals surface area contributed by atoms with Crippen LogP contribution < -0.4 is 10.1 Å². The Morgan fingerprint density at radius 3 is 2.56 bits per heavy atom. The first-order valence-electron chi connectivity index (χ1n) is 11.6. The third-order valence-corrected chi connectivity index (χ3v) is 6.61. The quantitative estimate of drug-likeness (QED) is 0.406. The van der Waals surface area contributed by atoms with Gasteiger partial charge in [-0.1, -0.05) is 54.1 Å². The second-order valence-corrected chi connectivity index (χ2v) is 9.00. The van der Waals surface area contributed by atoms with Crippen LogP contribution in [-0.4, -0.2) is 18.4 Å². The molecule has 1 N–H and O–H groups in total. The Morgan fingerprint density at radius 2 is 1.83 bits per heavy atom. The molecule has 3 aromatic carbocycles. The lowest BCUT2D eigenvalue weighted by Gasteiger charge is -2.29. The molecule has 0 saturated carbocycles. The molecule has 0 saturated heterocycles. The van der Waals surface area contributed by atoms with Crippen LogP contribution in [0.3, 0.4) is 0 Å². The summed E-state index contributed by atoms with van der Waals surface area (Å²) >= 11 is 6.59. The number of benzene rings is 3. The van der Waals surface area contributed by atoms with Gasteiger partial charge in [0, 0.05) is 28.3 Å². The van der Waals surface area contributed by atoms with Crippen molar-refractivity contribution in [2.45, 2.75) is 26.4 Å². The third kappa shape index (κ3) is 4.18. The van der Waals surface area contributed by atoms with Gasteiger partial charge in [-0.15, -0.1) is 0 Å². The van der Waals surface area contributed by atoms with Gasteiger partial charge in [0.1, 0.15) is 18.2 Å². The monoisotopic (exact) mass is 503 g/mol. The van der Waals surface area contributed by atoms with E-state index in [-0.39, 0.29) is 24.8 Å². The average Bonchev–Trinajstić information content (AvgIpc) is 3.14. The van der Waals surface area contributed by atoms with Gasteiger partial charge in [0.05, 0.1) is 22.9 Å². The van der Waals surface area contributed by atoms with E-state index in [1.54, 1.807) is 50.2 Å². The Bertz CT molecular complexity index is 1460. The first kappa shape index (κ1) is 23.8. The van der Waals surface area contributed by atoms with Crippen molar-refractivity contribution in [2.24, 2.45) is 0 Å². The number of nitrogens with one attached hydrogen (secondary N) is 1. The molecular weight excluding hydrogens is 481 g/mol. The van der Waals surface area contributed by atoms with Crippen molar-refractivity contribution < 1.29 is 23.5 Å². The molecule has 1 heterocycles. The van der Waals surface area contributed by atoms with Gasteiger partial charge in [0.15, 0.2) is 5.78 Å². The summed E-state index contributed by atoms with van der Waals surface area (Å²) in [6.45, 7) is 3.88. The number of ether oxygens (including phenoxy) is 2. The summed E-state index contributed by atoms with van der Waals surface area (Å²) in [7, 11) is 0. The summed E-state index contributed by atoms with van der Waals surface area (Å²) in [6.07, 6.45) is 0. The number of ketones is 1. The number of carbonyl (C=O) groups excluding carboxylic acids is 2. The summed E-state index contributed by atoms with van der Waals surface area (Å²) in [5, 5.41) is 3.59. The fourth-order valence-electron chi connectivity index (χ4n) is 4.74. The first-order chi connectivity index (χ1) is 17.4. The summed E-state index contributed by atoms with van der Waals surface area (Å²) in [5.74, 6) is -1.24. The molecular formula is C29H23ClFNO4. The second kappa shape index (κ2) is 9.63. The number of rotatable bonds is 6. The Kier molecular flexibility index (Phi) is 6.37. The molecule has 0 bridgehead atoms. The van der Waals surface area contributed by atoms with Crippen LogP contribution in [0.1, 0.15) is 46.8 Å². The maximum absolute atomic E-state index is 13.5. The number of dihydropyridines is 1. The fourth-order valence-corrected chi connectivity index (χ4v) is 4.99. The molecule has 0 radical (unpaired) electrons. The smallest absolute Gasteiger partial charge is 0.336 e. The highest BCUT2D eigenvalue weighted by molar-refractivity contribution is 6.32. The minimum atomic E-state index is -0.671. The molecule has 5 rings (SSSR count). The lowest BCUT2D eigenvalue weighted by Crippen LogP contribution is -2.29. The summed E-state index contributed by atoms with van der Waals surface area (Å²) in [6, 6.07) is 18.7. The number of esters is 1. The largest absolute Gasteiger partial charge is 0.487 e. The molecule has 1 aliphatic carbocycles. The van der Waals surface area contributed by atoms with Gasteiger partial charge >= 0.3 is 5.97 Å². The number of fused-ring (bicyclic) bond motifs is 2. The molecule has 7 heteroatoms. The lowest BCUT2D eigenvalue weighted by molar-refractivity contribution is -0.138. The van der Waals surface area contributed by atoms with E-state index in [4.69, 9.17) is 21.1 Å². The first-order valence-corrected chi connectivity index (χ1v) is 12.0. The third-order valence-electron chi connectivity index (χ3n) is 6.32. The molecule has 0 amide bonds. The predicted molar refractivity (Wildman–Crippen MR) is 135 cm³/mol. The van der Waals surface area contributed by atoms with Crippen molar-refractivity contribution in [1.29, 1.82) is 0 Å². The number of halogens is 2. The van der Waals surface area contributed by atoms with Crippen LogP contribution in [0.5, 0.6) is 5.75 Å². The van der Waals surface area contributed by atoms with Gasteiger partial charge in [-0.3, -0.25) is 4.79 Å². The molecule has 0 spiro atoms. The van der Waals surface area contributed by atoms with E-state index in [0.29, 0.717) is 50.0 Å². The molecule has 1 aliphatic heterocycles. The summed E-state index contributed by atoms with van der Waals surface area (Å²) < 4.78 is 24.7. The van der Waals surface area contributed by atoms with Crippen molar-refractivity contribution in [1.82, 2.24) is 5.32 Å². The SMILES string of the molecule is CCOC(=O)C1=C(C)NC2=C(C(=O)c3ccccc32)[C@H]1c1ccc(OCc2cccc(F)c2)c(Cl)c1. The highest BCUT2D eigenvalue weighted by Crippen LogP contribution is 2.47. The highest BCUT2D eigenvalue weighted by atomic mass is 35.5. The Labute approximate surface area is 213 Å². The van der Waals surface area contributed by atoms with Gasteiger partial charge in [0.25, 0.3) is 0 Å². The van der Waals surface area contributed by atoms with E-state index in [2.05, 4.69) is 5.32 Å². The van der Waals surface area contributed by atoms with Gasteiger partial charge in [-0.2, -0.15) is 0 Å². The Morgan fingerprint density at radius 1 is 1.06 bits per heavy atom. The van der Waals surface area contributed by atoms with Gasteiger partial charge < -0.3 is 14.8 Å². The molecule has 5 nitrogen and oxygen atoms in total. The van der Waals surface area contributed by atoms with Crippen LogP contribution in [0, 0.1) is 5.82 Å². The number of hydrogen-bond acceptors (Lipinski definition) is 5. The lowest BCUT2D eigenvalue weighted by atomic mass is 9.80. The van der Waals surface area contributed by atoms with E-state index >= 15 is 0 Å². The molecule has 182 valence electrons. The van der Waals surface area contributed by atoms with Crippen molar-refractivity contribution in [3.05, 3.63) is 117 Å². The van der Waals surface area contributed by atoms with Crippen molar-refractivity contribution >= 4 is 29.1 Å². The standard InChI is InChI=1S/C29H23ClFNO4/c1-3-35-29(34)24-16(2)32-27-20-9-4-5-10-21(20)28(33)26(27)25(24)18-11-12-23(22(30)14-18)36-15-17-7-6-8-19(31)13-17/h4-14,25,32H,3,15H2,1-2H3/t25-/m0/s1. The molecule has 3 aromatic rings. The topological polar surface area (TPSA) is 64.6 Å². The van der Waals surface area contributed by atoms with Crippen molar-refractivity contribution in [2.75, 3.05) is 6.61 Å². The second-order valence-electron chi connectivity index (χ2n) is 8.59. The molecule has 1 atom stereocenters. The maximum Gasteiger partial charge on any atom is 0.336 e. The minimum Gasteiger partial charge on any atom is -0.487 e. The fraction of sp³-hybridized carbons (Fsp3) is 0.172. The molecule has 0 fully saturated rings. The Hall–Kier alpha value is -3.90. The number of carbonyl (C=O) groups is 2. The minimum absolute atomic E-state index is 0.139. The van der Waals surface area contributed by atoms with Crippen LogP contribution in [0.2, 0.25) is 5.02 Å². The van der Waals surface area contributed by atoms with Crippen LogP contribution in [0.4, 0.5) is 4.39 Å². The highest BCUT2D eigenvalue weighted by Gasteiger charge is 2.43. The van der Waals surface area contributed by atoms with Crippen LogP contribution in [-0.2, 0) is 16.1 Å². The zero-order chi connectivity index (χ0) is 25.4. The maximum atomic E-state index is 13.5.